The van der Waals surface area contributed by atoms with Gasteiger partial charge >= 0.3 is 0 Å². The standard InChI is InChI=1S/C21H13Cl2N3O4/c1-11-4-2-7-15(18(11)26(28)29)20(27)24-14-6-3-5-12(8-14)21-25-17-10-13(22)9-16(23)19(17)30-21/h2-10H,1H3,(H,24,27). The van der Waals surface area contributed by atoms with E-state index in [2.05, 4.69) is 10.3 Å². The molecule has 3 aromatic carbocycles. The minimum absolute atomic E-state index is 0.0197. The highest BCUT2D eigenvalue weighted by Gasteiger charge is 2.22. The second-order valence-corrected chi connectivity index (χ2v) is 7.36. The van der Waals surface area contributed by atoms with E-state index in [9.17, 15) is 14.9 Å². The van der Waals surface area contributed by atoms with Gasteiger partial charge < -0.3 is 9.73 Å². The molecule has 0 aliphatic carbocycles. The summed E-state index contributed by atoms with van der Waals surface area (Å²) in [5.74, 6) is -0.290. The fraction of sp³-hybridized carbons (Fsp3) is 0.0476. The molecule has 7 nitrogen and oxygen atoms in total. The monoisotopic (exact) mass is 441 g/mol. The first-order valence-corrected chi connectivity index (χ1v) is 9.50. The number of aromatic nitrogens is 1. The Morgan fingerprint density at radius 2 is 1.90 bits per heavy atom. The number of halogens is 2. The molecule has 1 heterocycles. The van der Waals surface area contributed by atoms with Crippen LogP contribution in [0.2, 0.25) is 10.0 Å². The number of nitrogens with zero attached hydrogens (tertiary/aromatic N) is 2. The number of aryl methyl sites for hydroxylation is 1. The third-order valence-electron chi connectivity index (χ3n) is 4.44. The van der Waals surface area contributed by atoms with Crippen molar-refractivity contribution in [2.24, 2.45) is 0 Å². The lowest BCUT2D eigenvalue weighted by Gasteiger charge is -2.08. The minimum atomic E-state index is -0.588. The summed E-state index contributed by atoms with van der Waals surface area (Å²) in [5, 5.41) is 14.8. The van der Waals surface area contributed by atoms with Gasteiger partial charge in [-0.05, 0) is 43.3 Å². The fourth-order valence-electron chi connectivity index (χ4n) is 3.10. The summed E-state index contributed by atoms with van der Waals surface area (Å²) in [4.78, 5) is 27.9. The van der Waals surface area contributed by atoms with E-state index in [1.807, 2.05) is 0 Å². The van der Waals surface area contributed by atoms with Crippen LogP contribution in [0.25, 0.3) is 22.6 Å². The van der Waals surface area contributed by atoms with Crippen molar-refractivity contribution in [3.05, 3.63) is 85.9 Å². The SMILES string of the molecule is Cc1cccc(C(=O)Nc2cccc(-c3nc4cc(Cl)cc(Cl)c4o3)c2)c1[N+](=O)[O-]. The maximum atomic E-state index is 12.7. The Morgan fingerprint density at radius 3 is 2.67 bits per heavy atom. The number of benzene rings is 3. The molecule has 150 valence electrons. The van der Waals surface area contributed by atoms with Gasteiger partial charge in [0.25, 0.3) is 11.6 Å². The van der Waals surface area contributed by atoms with Gasteiger partial charge in [-0.15, -0.1) is 0 Å². The van der Waals surface area contributed by atoms with Crippen molar-refractivity contribution in [1.29, 1.82) is 0 Å². The highest BCUT2D eigenvalue weighted by molar-refractivity contribution is 6.38. The van der Waals surface area contributed by atoms with Crippen LogP contribution in [0.4, 0.5) is 11.4 Å². The second-order valence-electron chi connectivity index (χ2n) is 6.52. The van der Waals surface area contributed by atoms with Gasteiger partial charge in [0, 0.05) is 21.8 Å². The Kier molecular flexibility index (Phi) is 5.15. The lowest BCUT2D eigenvalue weighted by Crippen LogP contribution is -2.14. The van der Waals surface area contributed by atoms with Gasteiger partial charge in [0.1, 0.15) is 11.1 Å². The number of carbonyl (C=O) groups excluding carboxylic acids is 1. The molecule has 0 unspecified atom stereocenters. The number of carbonyl (C=O) groups is 1. The number of hydrogen-bond acceptors (Lipinski definition) is 5. The molecule has 4 rings (SSSR count). The molecule has 0 aliphatic rings. The number of amides is 1. The molecule has 0 radical (unpaired) electrons. The summed E-state index contributed by atoms with van der Waals surface area (Å²) in [6.07, 6.45) is 0. The van der Waals surface area contributed by atoms with E-state index in [-0.39, 0.29) is 11.3 Å². The first kappa shape index (κ1) is 19.9. The van der Waals surface area contributed by atoms with Crippen molar-refractivity contribution in [3.63, 3.8) is 0 Å². The Labute approximate surface area is 180 Å². The summed E-state index contributed by atoms with van der Waals surface area (Å²) in [5.41, 5.74) is 2.09. The zero-order valence-corrected chi connectivity index (χ0v) is 17.0. The van der Waals surface area contributed by atoms with Gasteiger partial charge in [-0.2, -0.15) is 0 Å². The summed E-state index contributed by atoms with van der Waals surface area (Å²) in [7, 11) is 0. The van der Waals surface area contributed by atoms with Crippen LogP contribution in [-0.4, -0.2) is 15.8 Å². The van der Waals surface area contributed by atoms with Crippen LogP contribution >= 0.6 is 23.2 Å². The van der Waals surface area contributed by atoms with E-state index < -0.39 is 10.8 Å². The van der Waals surface area contributed by atoms with Gasteiger partial charge in [0.2, 0.25) is 5.89 Å². The van der Waals surface area contributed by atoms with Gasteiger partial charge in [-0.25, -0.2) is 4.98 Å². The smallest absolute Gasteiger partial charge is 0.285 e. The number of nitrogens with one attached hydrogen (secondary N) is 1. The number of nitro benzene ring substituents is 1. The van der Waals surface area contributed by atoms with E-state index in [1.54, 1.807) is 55.5 Å². The number of hydrogen-bond donors (Lipinski definition) is 1. The molecule has 9 heteroatoms. The summed E-state index contributed by atoms with van der Waals surface area (Å²) in [6, 6.07) is 14.6. The Morgan fingerprint density at radius 1 is 1.13 bits per heavy atom. The van der Waals surface area contributed by atoms with Crippen LogP contribution in [-0.2, 0) is 0 Å². The zero-order valence-electron chi connectivity index (χ0n) is 15.5. The van der Waals surface area contributed by atoms with Crippen molar-refractivity contribution in [2.75, 3.05) is 5.32 Å². The zero-order chi connectivity index (χ0) is 21.4. The molecule has 1 aromatic heterocycles. The summed E-state index contributed by atoms with van der Waals surface area (Å²) < 4.78 is 5.75. The summed E-state index contributed by atoms with van der Waals surface area (Å²) >= 11 is 12.2. The molecular weight excluding hydrogens is 429 g/mol. The Balaban J connectivity index is 1.67. The third-order valence-corrected chi connectivity index (χ3v) is 4.94. The average Bonchev–Trinajstić information content (AvgIpc) is 3.12. The second kappa shape index (κ2) is 7.78. The molecule has 0 aliphatic heterocycles. The molecule has 0 saturated heterocycles. The number of rotatable bonds is 4. The molecule has 4 aromatic rings. The maximum absolute atomic E-state index is 12.7. The lowest BCUT2D eigenvalue weighted by molar-refractivity contribution is -0.385. The molecule has 0 spiro atoms. The molecule has 0 bridgehead atoms. The van der Waals surface area contributed by atoms with Crippen LogP contribution in [0, 0.1) is 17.0 Å². The number of fused-ring (bicyclic) bond motifs is 1. The molecule has 1 amide bonds. The number of oxazole rings is 1. The molecule has 0 atom stereocenters. The van der Waals surface area contributed by atoms with E-state index in [0.29, 0.717) is 43.9 Å². The van der Waals surface area contributed by atoms with Gasteiger partial charge in [0.15, 0.2) is 5.58 Å². The highest BCUT2D eigenvalue weighted by Crippen LogP contribution is 2.32. The first-order valence-electron chi connectivity index (χ1n) is 8.75. The molecule has 30 heavy (non-hydrogen) atoms. The normalized spacial score (nSPS) is 10.9. The van der Waals surface area contributed by atoms with Crippen molar-refractivity contribution in [3.8, 4) is 11.5 Å². The van der Waals surface area contributed by atoms with Crippen LogP contribution < -0.4 is 5.32 Å². The fourth-order valence-corrected chi connectivity index (χ4v) is 3.62. The summed E-state index contributed by atoms with van der Waals surface area (Å²) in [6.45, 7) is 1.58. The predicted octanol–water partition coefficient (Wildman–Crippen LogP) is 6.27. The van der Waals surface area contributed by atoms with E-state index in [4.69, 9.17) is 27.6 Å². The molecular formula is C21H13Cl2N3O4. The molecule has 0 saturated carbocycles. The topological polar surface area (TPSA) is 98.3 Å². The highest BCUT2D eigenvalue weighted by atomic mass is 35.5. The van der Waals surface area contributed by atoms with E-state index >= 15 is 0 Å². The Hall–Kier alpha value is -3.42. The largest absolute Gasteiger partial charge is 0.435 e. The first-order chi connectivity index (χ1) is 14.3. The minimum Gasteiger partial charge on any atom is -0.435 e. The number of anilines is 1. The van der Waals surface area contributed by atoms with Crippen LogP contribution in [0.3, 0.4) is 0 Å². The van der Waals surface area contributed by atoms with Crippen molar-refractivity contribution < 1.29 is 14.1 Å². The predicted molar refractivity (Wildman–Crippen MR) is 115 cm³/mol. The van der Waals surface area contributed by atoms with Crippen LogP contribution in [0.5, 0.6) is 0 Å². The maximum Gasteiger partial charge on any atom is 0.285 e. The Bertz CT molecular complexity index is 1320. The van der Waals surface area contributed by atoms with Crippen molar-refractivity contribution in [2.45, 2.75) is 6.92 Å². The van der Waals surface area contributed by atoms with E-state index in [1.165, 1.54) is 6.07 Å². The number of para-hydroxylation sites is 1. The quantitative estimate of drug-likeness (QED) is 0.297. The number of nitro groups is 1. The molecule has 0 fully saturated rings. The van der Waals surface area contributed by atoms with Crippen LogP contribution in [0.15, 0.2) is 59.0 Å². The van der Waals surface area contributed by atoms with Gasteiger partial charge in [-0.3, -0.25) is 14.9 Å². The van der Waals surface area contributed by atoms with Crippen molar-refractivity contribution in [1.82, 2.24) is 4.98 Å². The van der Waals surface area contributed by atoms with Gasteiger partial charge in [0.05, 0.1) is 9.95 Å². The van der Waals surface area contributed by atoms with Gasteiger partial charge in [-0.1, -0.05) is 41.4 Å². The third kappa shape index (κ3) is 3.72. The molecule has 1 N–H and O–H groups in total. The van der Waals surface area contributed by atoms with Crippen LogP contribution in [0.1, 0.15) is 15.9 Å². The van der Waals surface area contributed by atoms with E-state index in [0.717, 1.165) is 0 Å². The average molecular weight is 442 g/mol. The lowest BCUT2D eigenvalue weighted by atomic mass is 10.1. The van der Waals surface area contributed by atoms with Crippen molar-refractivity contribution >= 4 is 51.6 Å².